The lowest BCUT2D eigenvalue weighted by atomic mass is 9.89. The summed E-state index contributed by atoms with van der Waals surface area (Å²) in [6, 6.07) is 4.48. The first-order chi connectivity index (χ1) is 14.5. The third kappa shape index (κ3) is 4.10. The van der Waals surface area contributed by atoms with Gasteiger partial charge in [0.25, 0.3) is 0 Å². The van der Waals surface area contributed by atoms with Gasteiger partial charge in [0, 0.05) is 23.0 Å². The number of carbonyl (C=O) groups excluding carboxylic acids is 2. The zero-order chi connectivity index (χ0) is 23.1. The Hall–Kier alpha value is -3.42. The van der Waals surface area contributed by atoms with E-state index >= 15 is 0 Å². The summed E-state index contributed by atoms with van der Waals surface area (Å²) in [6.45, 7) is 5.10. The van der Waals surface area contributed by atoms with Crippen molar-refractivity contribution in [3.63, 3.8) is 0 Å². The first kappa shape index (κ1) is 22.3. The van der Waals surface area contributed by atoms with Crippen LogP contribution in [0.5, 0.6) is 34.5 Å². The second-order valence-electron chi connectivity index (χ2n) is 8.19. The predicted molar refractivity (Wildman–Crippen MR) is 111 cm³/mol. The Morgan fingerprint density at radius 3 is 2.00 bits per heavy atom. The number of hydrogen-bond donors (Lipinski definition) is 5. The molecule has 1 fully saturated rings. The number of phenolic OH excluding ortho intramolecular Hbond substituents is 5. The lowest BCUT2D eigenvalue weighted by molar-refractivity contribution is 0.0416. The molecule has 0 aromatic heterocycles. The van der Waals surface area contributed by atoms with E-state index in [4.69, 9.17) is 4.74 Å². The van der Waals surface area contributed by atoms with Crippen LogP contribution >= 0.6 is 0 Å². The number of Topliss-reactive ketones (excluding diaryl/α,β-unsaturated/α-hetero) is 2. The molecule has 31 heavy (non-hydrogen) atoms. The van der Waals surface area contributed by atoms with Gasteiger partial charge in [0.15, 0.2) is 40.1 Å². The zero-order valence-electron chi connectivity index (χ0n) is 17.5. The molecule has 0 radical (unpaired) electrons. The quantitative estimate of drug-likeness (QED) is 0.313. The number of benzene rings is 2. The predicted octanol–water partition coefficient (Wildman–Crippen LogP) is 3.87. The summed E-state index contributed by atoms with van der Waals surface area (Å²) >= 11 is 0. The largest absolute Gasteiger partial charge is 0.504 e. The Kier molecular flexibility index (Phi) is 5.76. The number of ketones is 2. The van der Waals surface area contributed by atoms with Crippen molar-refractivity contribution in [2.24, 2.45) is 11.8 Å². The Bertz CT molecular complexity index is 1020. The number of aromatic hydroxyl groups is 5. The molecular formula is C23H26O8. The molecule has 0 saturated heterocycles. The van der Waals surface area contributed by atoms with E-state index in [0.29, 0.717) is 19.3 Å². The molecule has 2 aromatic carbocycles. The molecule has 0 spiro atoms. The van der Waals surface area contributed by atoms with Gasteiger partial charge in [-0.3, -0.25) is 9.59 Å². The van der Waals surface area contributed by atoms with Gasteiger partial charge in [0.1, 0.15) is 0 Å². The monoisotopic (exact) mass is 430 g/mol. The average Bonchev–Trinajstić information content (AvgIpc) is 3.58. The molecule has 0 amide bonds. The molecule has 2 aromatic rings. The number of phenols is 5. The number of hydrogen-bond acceptors (Lipinski definition) is 8. The maximum atomic E-state index is 13.3. The minimum absolute atomic E-state index is 0.0993. The van der Waals surface area contributed by atoms with E-state index < -0.39 is 40.1 Å². The van der Waals surface area contributed by atoms with Gasteiger partial charge in [0.2, 0.25) is 11.5 Å². The van der Waals surface area contributed by atoms with Crippen molar-refractivity contribution in [1.29, 1.82) is 0 Å². The van der Waals surface area contributed by atoms with Crippen molar-refractivity contribution in [1.82, 2.24) is 0 Å². The van der Waals surface area contributed by atoms with Crippen LogP contribution in [0.4, 0.5) is 0 Å². The fourth-order valence-corrected chi connectivity index (χ4v) is 3.48. The van der Waals surface area contributed by atoms with Crippen LogP contribution in [0.25, 0.3) is 0 Å². The summed E-state index contributed by atoms with van der Waals surface area (Å²) < 4.78 is 5.93. The lowest BCUT2D eigenvalue weighted by Gasteiger charge is -2.30. The van der Waals surface area contributed by atoms with Crippen molar-refractivity contribution in [3.8, 4) is 34.5 Å². The Morgan fingerprint density at radius 1 is 0.968 bits per heavy atom. The summed E-state index contributed by atoms with van der Waals surface area (Å²) in [5, 5.41) is 49.6. The third-order valence-corrected chi connectivity index (χ3v) is 5.86. The van der Waals surface area contributed by atoms with Gasteiger partial charge in [-0.1, -0.05) is 13.8 Å². The van der Waals surface area contributed by atoms with Crippen LogP contribution < -0.4 is 4.74 Å². The first-order valence-corrected chi connectivity index (χ1v) is 10.1. The van der Waals surface area contributed by atoms with Crippen molar-refractivity contribution in [2.75, 3.05) is 0 Å². The summed E-state index contributed by atoms with van der Waals surface area (Å²) in [7, 11) is 0. The smallest absolute Gasteiger partial charge is 0.206 e. The number of ether oxygens (including phenoxy) is 1. The van der Waals surface area contributed by atoms with Gasteiger partial charge in [-0.15, -0.1) is 0 Å². The number of rotatable bonds is 8. The first-order valence-electron chi connectivity index (χ1n) is 10.1. The maximum absolute atomic E-state index is 13.3. The van der Waals surface area contributed by atoms with Gasteiger partial charge in [0.05, 0.1) is 0 Å². The molecule has 3 rings (SSSR count). The van der Waals surface area contributed by atoms with Gasteiger partial charge in [-0.25, -0.2) is 0 Å². The summed E-state index contributed by atoms with van der Waals surface area (Å²) in [6.07, 6.45) is 1.91. The summed E-state index contributed by atoms with van der Waals surface area (Å²) in [5.41, 5.74) is -1.47. The van der Waals surface area contributed by atoms with Crippen LogP contribution in [0.1, 0.15) is 60.7 Å². The van der Waals surface area contributed by atoms with Crippen LogP contribution in [0.15, 0.2) is 24.3 Å². The molecule has 1 aliphatic carbocycles. The highest BCUT2D eigenvalue weighted by Gasteiger charge is 2.50. The zero-order valence-corrected chi connectivity index (χ0v) is 17.5. The molecule has 0 bridgehead atoms. The van der Waals surface area contributed by atoms with Crippen LogP contribution in [0.3, 0.4) is 0 Å². The van der Waals surface area contributed by atoms with Gasteiger partial charge in [-0.2, -0.15) is 0 Å². The fraction of sp³-hybridized carbons (Fsp3) is 0.391. The van der Waals surface area contributed by atoms with E-state index in [0.717, 1.165) is 18.2 Å². The molecule has 1 saturated carbocycles. The molecule has 0 aliphatic heterocycles. The van der Waals surface area contributed by atoms with Crippen LogP contribution in [0, 0.1) is 11.8 Å². The Morgan fingerprint density at radius 2 is 1.48 bits per heavy atom. The minimum atomic E-state index is -1.52. The molecule has 5 N–H and O–H groups in total. The van der Waals surface area contributed by atoms with Crippen molar-refractivity contribution >= 4 is 11.6 Å². The van der Waals surface area contributed by atoms with E-state index in [1.54, 1.807) is 6.92 Å². The molecule has 2 atom stereocenters. The summed E-state index contributed by atoms with van der Waals surface area (Å²) in [5.74, 6) is -4.82. The van der Waals surface area contributed by atoms with E-state index in [-0.39, 0.29) is 34.5 Å². The highest BCUT2D eigenvalue weighted by atomic mass is 16.5. The van der Waals surface area contributed by atoms with E-state index in [2.05, 4.69) is 0 Å². The molecular weight excluding hydrogens is 404 g/mol. The second-order valence-corrected chi connectivity index (χ2v) is 8.19. The normalized spacial score (nSPS) is 16.4. The average molecular weight is 430 g/mol. The summed E-state index contributed by atoms with van der Waals surface area (Å²) in [4.78, 5) is 25.9. The third-order valence-electron chi connectivity index (χ3n) is 5.86. The topological polar surface area (TPSA) is 145 Å². The molecule has 8 nitrogen and oxygen atoms in total. The fourth-order valence-electron chi connectivity index (χ4n) is 3.48. The molecule has 1 aliphatic rings. The van der Waals surface area contributed by atoms with Crippen LogP contribution in [-0.2, 0) is 0 Å². The van der Waals surface area contributed by atoms with E-state index in [1.807, 2.05) is 6.92 Å². The molecule has 0 heterocycles. The van der Waals surface area contributed by atoms with Crippen LogP contribution in [-0.4, -0.2) is 42.7 Å². The molecule has 2 unspecified atom stereocenters. The molecule has 166 valence electrons. The van der Waals surface area contributed by atoms with Gasteiger partial charge in [-0.05, 0) is 50.5 Å². The highest BCUT2D eigenvalue weighted by Crippen LogP contribution is 2.48. The van der Waals surface area contributed by atoms with E-state index in [9.17, 15) is 35.1 Å². The van der Waals surface area contributed by atoms with Crippen molar-refractivity contribution < 1.29 is 39.9 Å². The van der Waals surface area contributed by atoms with Gasteiger partial charge < -0.3 is 30.3 Å². The van der Waals surface area contributed by atoms with Crippen molar-refractivity contribution in [3.05, 3.63) is 35.4 Å². The molecule has 8 heteroatoms. The standard InChI is InChI=1S/C23H26O8/c1-4-11(2)19(27)12-7-17(26)21(29)18(10-12)31-23(3,14-5-6-14)22(30)13-8-15(24)20(28)16(25)9-13/h7-11,14,24-26,28-29H,4-6H2,1-3H3. The van der Waals surface area contributed by atoms with E-state index in [1.165, 1.54) is 13.0 Å². The Balaban J connectivity index is 2.03. The van der Waals surface area contributed by atoms with Gasteiger partial charge >= 0.3 is 0 Å². The lowest BCUT2D eigenvalue weighted by Crippen LogP contribution is -2.44. The number of carbonyl (C=O) groups is 2. The highest BCUT2D eigenvalue weighted by molar-refractivity contribution is 6.04. The SMILES string of the molecule is CCC(C)C(=O)c1cc(O)c(O)c(OC(C)(C(=O)c2cc(O)c(O)c(O)c2)C2CC2)c1. The maximum Gasteiger partial charge on any atom is 0.206 e. The Labute approximate surface area is 179 Å². The second kappa shape index (κ2) is 8.02. The van der Waals surface area contributed by atoms with Crippen molar-refractivity contribution in [2.45, 2.75) is 45.6 Å². The van der Waals surface area contributed by atoms with Crippen LogP contribution in [0.2, 0.25) is 0 Å². The minimum Gasteiger partial charge on any atom is -0.504 e.